The molecule has 0 aliphatic heterocycles. The molecule has 0 bridgehead atoms. The van der Waals surface area contributed by atoms with Crippen LogP contribution < -0.4 is 16.4 Å². The van der Waals surface area contributed by atoms with Gasteiger partial charge in [0.1, 0.15) is 6.61 Å². The molecule has 0 saturated carbocycles. The van der Waals surface area contributed by atoms with Gasteiger partial charge in [-0.25, -0.2) is 0 Å². The maximum atomic E-state index is 12.1. The van der Waals surface area contributed by atoms with Gasteiger partial charge in [-0.3, -0.25) is 9.59 Å². The summed E-state index contributed by atoms with van der Waals surface area (Å²) in [5, 5.41) is 5.51. The van der Waals surface area contributed by atoms with Gasteiger partial charge in [0.15, 0.2) is 0 Å². The first kappa shape index (κ1) is 15.2. The number of hydrogen-bond donors (Lipinski definition) is 3. The number of benzene rings is 1. The Kier molecular flexibility index (Phi) is 5.08. The lowest BCUT2D eigenvalue weighted by Gasteiger charge is -2.12. The van der Waals surface area contributed by atoms with E-state index in [0.29, 0.717) is 17.8 Å². The van der Waals surface area contributed by atoms with Crippen molar-refractivity contribution in [3.63, 3.8) is 0 Å². The first-order valence-corrected chi connectivity index (χ1v) is 6.72. The zero-order valence-electron chi connectivity index (χ0n) is 11.8. The SMILES string of the molecule is COCC(=O)Nc1cccc(NC(=O)C2C=CC(N)C2)c1. The van der Waals surface area contributed by atoms with Crippen molar-refractivity contribution in [2.45, 2.75) is 12.5 Å². The fraction of sp³-hybridized carbons (Fsp3) is 0.333. The van der Waals surface area contributed by atoms with Gasteiger partial charge in [-0.05, 0) is 24.6 Å². The van der Waals surface area contributed by atoms with Crippen molar-refractivity contribution in [2.75, 3.05) is 24.4 Å². The number of rotatable bonds is 5. The van der Waals surface area contributed by atoms with E-state index in [2.05, 4.69) is 10.6 Å². The first-order valence-electron chi connectivity index (χ1n) is 6.72. The fourth-order valence-electron chi connectivity index (χ4n) is 2.16. The Morgan fingerprint density at radius 3 is 2.62 bits per heavy atom. The third-order valence-electron chi connectivity index (χ3n) is 3.14. The van der Waals surface area contributed by atoms with Crippen molar-refractivity contribution in [2.24, 2.45) is 11.7 Å². The zero-order valence-corrected chi connectivity index (χ0v) is 11.8. The molecule has 0 spiro atoms. The fourth-order valence-corrected chi connectivity index (χ4v) is 2.16. The summed E-state index contributed by atoms with van der Waals surface area (Å²) in [6.45, 7) is -0.0126. The van der Waals surface area contributed by atoms with Crippen LogP contribution in [0.1, 0.15) is 6.42 Å². The summed E-state index contributed by atoms with van der Waals surface area (Å²) >= 11 is 0. The molecule has 0 fully saturated rings. The number of ether oxygens (including phenoxy) is 1. The Balaban J connectivity index is 1.96. The Labute approximate surface area is 123 Å². The molecule has 0 saturated heterocycles. The lowest BCUT2D eigenvalue weighted by Crippen LogP contribution is -2.24. The van der Waals surface area contributed by atoms with Crippen LogP contribution in [0.25, 0.3) is 0 Å². The van der Waals surface area contributed by atoms with Crippen LogP contribution in [-0.4, -0.2) is 31.6 Å². The van der Waals surface area contributed by atoms with Gasteiger partial charge in [-0.1, -0.05) is 18.2 Å². The normalized spacial score (nSPS) is 20.3. The van der Waals surface area contributed by atoms with Crippen LogP contribution in [0.4, 0.5) is 11.4 Å². The van der Waals surface area contributed by atoms with E-state index in [9.17, 15) is 9.59 Å². The average molecular weight is 289 g/mol. The van der Waals surface area contributed by atoms with Gasteiger partial charge >= 0.3 is 0 Å². The number of nitrogens with two attached hydrogens (primary N) is 1. The number of anilines is 2. The van der Waals surface area contributed by atoms with Crippen LogP contribution in [0.3, 0.4) is 0 Å². The smallest absolute Gasteiger partial charge is 0.250 e. The highest BCUT2D eigenvalue weighted by Gasteiger charge is 2.22. The van der Waals surface area contributed by atoms with E-state index >= 15 is 0 Å². The molecule has 0 radical (unpaired) electrons. The van der Waals surface area contributed by atoms with E-state index in [4.69, 9.17) is 10.5 Å². The molecule has 112 valence electrons. The minimum Gasteiger partial charge on any atom is -0.375 e. The molecule has 6 nitrogen and oxygen atoms in total. The van der Waals surface area contributed by atoms with Crippen LogP contribution in [0, 0.1) is 5.92 Å². The van der Waals surface area contributed by atoms with Crippen LogP contribution in [0.15, 0.2) is 36.4 Å². The summed E-state index contributed by atoms with van der Waals surface area (Å²) in [7, 11) is 1.45. The molecule has 0 heterocycles. The average Bonchev–Trinajstić information content (AvgIpc) is 2.86. The molecule has 1 aromatic rings. The van der Waals surface area contributed by atoms with Crippen molar-refractivity contribution in [1.29, 1.82) is 0 Å². The van der Waals surface area contributed by atoms with Gasteiger partial charge in [0.25, 0.3) is 0 Å². The molecule has 2 unspecified atom stereocenters. The van der Waals surface area contributed by atoms with Crippen LogP contribution >= 0.6 is 0 Å². The van der Waals surface area contributed by atoms with Crippen molar-refractivity contribution < 1.29 is 14.3 Å². The Bertz CT molecular complexity index is 557. The summed E-state index contributed by atoms with van der Waals surface area (Å²) in [4.78, 5) is 23.5. The monoisotopic (exact) mass is 289 g/mol. The summed E-state index contributed by atoms with van der Waals surface area (Å²) < 4.78 is 4.75. The predicted octanol–water partition coefficient (Wildman–Crippen LogP) is 1.11. The highest BCUT2D eigenvalue weighted by atomic mass is 16.5. The lowest BCUT2D eigenvalue weighted by atomic mass is 10.1. The van der Waals surface area contributed by atoms with Crippen molar-refractivity contribution in [1.82, 2.24) is 0 Å². The molecule has 6 heteroatoms. The molecule has 1 aromatic carbocycles. The highest BCUT2D eigenvalue weighted by molar-refractivity contribution is 5.96. The molecule has 2 atom stereocenters. The molecular weight excluding hydrogens is 270 g/mol. The quantitative estimate of drug-likeness (QED) is 0.708. The van der Waals surface area contributed by atoms with Gasteiger partial charge in [0.2, 0.25) is 11.8 Å². The minimum absolute atomic E-state index is 0.0126. The van der Waals surface area contributed by atoms with E-state index in [-0.39, 0.29) is 30.4 Å². The Morgan fingerprint density at radius 2 is 2.00 bits per heavy atom. The minimum atomic E-state index is -0.245. The van der Waals surface area contributed by atoms with Gasteiger partial charge in [0, 0.05) is 24.5 Å². The zero-order chi connectivity index (χ0) is 15.2. The number of nitrogens with one attached hydrogen (secondary N) is 2. The Hall–Kier alpha value is -2.18. The molecule has 2 amide bonds. The maximum Gasteiger partial charge on any atom is 0.250 e. The van der Waals surface area contributed by atoms with E-state index in [1.54, 1.807) is 24.3 Å². The molecule has 1 aliphatic carbocycles. The third-order valence-corrected chi connectivity index (χ3v) is 3.14. The second kappa shape index (κ2) is 7.01. The van der Waals surface area contributed by atoms with Gasteiger partial charge < -0.3 is 21.1 Å². The van der Waals surface area contributed by atoms with E-state index < -0.39 is 0 Å². The standard InChI is InChI=1S/C15H19N3O3/c1-21-9-14(19)17-12-3-2-4-13(8-12)18-15(20)10-5-6-11(16)7-10/h2-6,8,10-11H,7,9,16H2,1H3,(H,17,19)(H,18,20). The van der Waals surface area contributed by atoms with Crippen molar-refractivity contribution in [3.8, 4) is 0 Å². The predicted molar refractivity (Wildman–Crippen MR) is 80.8 cm³/mol. The molecular formula is C15H19N3O3. The molecule has 1 aliphatic rings. The number of carbonyl (C=O) groups excluding carboxylic acids is 2. The van der Waals surface area contributed by atoms with E-state index in [1.807, 2.05) is 12.2 Å². The van der Waals surface area contributed by atoms with Crippen LogP contribution in [0.5, 0.6) is 0 Å². The Morgan fingerprint density at radius 1 is 1.29 bits per heavy atom. The van der Waals surface area contributed by atoms with E-state index in [1.165, 1.54) is 7.11 Å². The lowest BCUT2D eigenvalue weighted by molar-refractivity contribution is -0.120. The summed E-state index contributed by atoms with van der Waals surface area (Å²) in [5.41, 5.74) is 6.97. The summed E-state index contributed by atoms with van der Waals surface area (Å²) in [6, 6.07) is 6.91. The molecule has 21 heavy (non-hydrogen) atoms. The van der Waals surface area contributed by atoms with Gasteiger partial charge in [-0.2, -0.15) is 0 Å². The molecule has 4 N–H and O–H groups in total. The van der Waals surface area contributed by atoms with Crippen molar-refractivity contribution >= 4 is 23.2 Å². The van der Waals surface area contributed by atoms with Crippen LogP contribution in [-0.2, 0) is 14.3 Å². The highest BCUT2D eigenvalue weighted by Crippen LogP contribution is 2.20. The number of hydrogen-bond acceptors (Lipinski definition) is 4. The second-order valence-electron chi connectivity index (χ2n) is 4.94. The van der Waals surface area contributed by atoms with Crippen LogP contribution in [0.2, 0.25) is 0 Å². The number of amides is 2. The summed E-state index contributed by atoms with van der Waals surface area (Å²) in [6.07, 6.45) is 4.28. The topological polar surface area (TPSA) is 93.5 Å². The molecule has 2 rings (SSSR count). The number of carbonyl (C=O) groups is 2. The summed E-state index contributed by atoms with van der Waals surface area (Å²) in [5.74, 6) is -0.544. The van der Waals surface area contributed by atoms with Gasteiger partial charge in [-0.15, -0.1) is 0 Å². The molecule has 0 aromatic heterocycles. The third kappa shape index (κ3) is 4.40. The second-order valence-corrected chi connectivity index (χ2v) is 4.94. The first-order chi connectivity index (χ1) is 10.1. The van der Waals surface area contributed by atoms with E-state index in [0.717, 1.165) is 0 Å². The largest absolute Gasteiger partial charge is 0.375 e. The van der Waals surface area contributed by atoms with Gasteiger partial charge in [0.05, 0.1) is 5.92 Å². The van der Waals surface area contributed by atoms with Crippen molar-refractivity contribution in [3.05, 3.63) is 36.4 Å². The number of methoxy groups -OCH3 is 1. The maximum absolute atomic E-state index is 12.1.